The Balaban J connectivity index is 2.29. The standard InChI is InChI=1S/C10H16O/c1-3-9-4-5-10(7-9)6-8(2)11/h3,9-10H,1,4-7H2,2H3. The zero-order chi connectivity index (χ0) is 8.27. The lowest BCUT2D eigenvalue weighted by Crippen LogP contribution is -2.01. The fraction of sp³-hybridized carbons (Fsp3) is 0.700. The molecule has 2 atom stereocenters. The lowest BCUT2D eigenvalue weighted by atomic mass is 10.00. The lowest BCUT2D eigenvalue weighted by Gasteiger charge is -2.05. The van der Waals surface area contributed by atoms with Crippen LogP contribution in [0.3, 0.4) is 0 Å². The van der Waals surface area contributed by atoms with Crippen LogP contribution in [0, 0.1) is 11.8 Å². The van der Waals surface area contributed by atoms with Crippen LogP contribution < -0.4 is 0 Å². The third-order valence-electron chi connectivity index (χ3n) is 2.49. The van der Waals surface area contributed by atoms with Gasteiger partial charge < -0.3 is 4.79 Å². The Bertz CT molecular complexity index is 160. The lowest BCUT2D eigenvalue weighted by molar-refractivity contribution is -0.117. The molecule has 0 aromatic heterocycles. The van der Waals surface area contributed by atoms with Crippen LogP contribution in [0.5, 0.6) is 0 Å². The molecule has 62 valence electrons. The second-order valence-corrected chi connectivity index (χ2v) is 3.58. The van der Waals surface area contributed by atoms with Crippen LogP contribution in [0.2, 0.25) is 0 Å². The van der Waals surface area contributed by atoms with Gasteiger partial charge in [0.05, 0.1) is 0 Å². The van der Waals surface area contributed by atoms with Crippen LogP contribution in [-0.4, -0.2) is 5.78 Å². The van der Waals surface area contributed by atoms with E-state index in [1.807, 2.05) is 6.08 Å². The van der Waals surface area contributed by atoms with Crippen molar-refractivity contribution in [3.8, 4) is 0 Å². The van der Waals surface area contributed by atoms with Crippen molar-refractivity contribution in [3.05, 3.63) is 12.7 Å². The highest BCUT2D eigenvalue weighted by Crippen LogP contribution is 2.33. The topological polar surface area (TPSA) is 17.1 Å². The van der Waals surface area contributed by atoms with Crippen molar-refractivity contribution in [1.29, 1.82) is 0 Å². The van der Waals surface area contributed by atoms with E-state index in [9.17, 15) is 4.79 Å². The highest BCUT2D eigenvalue weighted by Gasteiger charge is 2.22. The Hall–Kier alpha value is -0.590. The molecule has 1 rings (SSSR count). The number of ketones is 1. The molecule has 0 aromatic rings. The summed E-state index contributed by atoms with van der Waals surface area (Å²) in [5.41, 5.74) is 0. The largest absolute Gasteiger partial charge is 0.300 e. The maximum atomic E-state index is 10.8. The van der Waals surface area contributed by atoms with Crippen molar-refractivity contribution in [3.63, 3.8) is 0 Å². The summed E-state index contributed by atoms with van der Waals surface area (Å²) in [5, 5.41) is 0. The van der Waals surface area contributed by atoms with Gasteiger partial charge in [0.1, 0.15) is 5.78 Å². The predicted molar refractivity (Wildman–Crippen MR) is 46.3 cm³/mol. The Morgan fingerprint density at radius 2 is 2.36 bits per heavy atom. The molecular formula is C10H16O. The third-order valence-corrected chi connectivity index (χ3v) is 2.49. The Morgan fingerprint density at radius 3 is 2.82 bits per heavy atom. The number of rotatable bonds is 3. The van der Waals surface area contributed by atoms with E-state index >= 15 is 0 Å². The molecular weight excluding hydrogens is 136 g/mol. The van der Waals surface area contributed by atoms with Gasteiger partial charge in [-0.1, -0.05) is 6.08 Å². The first-order valence-corrected chi connectivity index (χ1v) is 4.34. The summed E-state index contributed by atoms with van der Waals surface area (Å²) in [6, 6.07) is 0. The van der Waals surface area contributed by atoms with Crippen molar-refractivity contribution in [2.24, 2.45) is 11.8 Å². The number of carbonyl (C=O) groups is 1. The minimum absolute atomic E-state index is 0.333. The number of allylic oxidation sites excluding steroid dienone is 1. The summed E-state index contributed by atoms with van der Waals surface area (Å²) < 4.78 is 0. The first-order valence-electron chi connectivity index (χ1n) is 4.34. The van der Waals surface area contributed by atoms with Gasteiger partial charge in [-0.25, -0.2) is 0 Å². The highest BCUT2D eigenvalue weighted by atomic mass is 16.1. The SMILES string of the molecule is C=CC1CCC(CC(C)=O)C1. The summed E-state index contributed by atoms with van der Waals surface area (Å²) in [6.07, 6.45) is 6.45. The average molecular weight is 152 g/mol. The quantitative estimate of drug-likeness (QED) is 0.568. The van der Waals surface area contributed by atoms with E-state index in [-0.39, 0.29) is 0 Å². The molecule has 0 radical (unpaired) electrons. The maximum Gasteiger partial charge on any atom is 0.130 e. The fourth-order valence-electron chi connectivity index (χ4n) is 1.92. The van der Waals surface area contributed by atoms with Gasteiger partial charge in [-0.15, -0.1) is 6.58 Å². The van der Waals surface area contributed by atoms with Gasteiger partial charge in [-0.05, 0) is 38.0 Å². The molecule has 0 aliphatic heterocycles. The second-order valence-electron chi connectivity index (χ2n) is 3.58. The molecule has 0 saturated heterocycles. The maximum absolute atomic E-state index is 10.8. The fourth-order valence-corrected chi connectivity index (χ4v) is 1.92. The zero-order valence-corrected chi connectivity index (χ0v) is 7.18. The first-order chi connectivity index (χ1) is 5.22. The Labute approximate surface area is 68.5 Å². The Morgan fingerprint density at radius 1 is 1.64 bits per heavy atom. The van der Waals surface area contributed by atoms with E-state index in [0.29, 0.717) is 17.6 Å². The number of hydrogen-bond acceptors (Lipinski definition) is 1. The Kier molecular flexibility index (Phi) is 2.86. The molecule has 1 heteroatoms. The van der Waals surface area contributed by atoms with Gasteiger partial charge in [-0.2, -0.15) is 0 Å². The van der Waals surface area contributed by atoms with E-state index in [2.05, 4.69) is 6.58 Å². The van der Waals surface area contributed by atoms with Crippen LogP contribution in [0.25, 0.3) is 0 Å². The molecule has 0 aromatic carbocycles. The van der Waals surface area contributed by atoms with E-state index in [0.717, 1.165) is 6.42 Å². The summed E-state index contributed by atoms with van der Waals surface area (Å²) in [4.78, 5) is 10.8. The number of hydrogen-bond donors (Lipinski definition) is 0. The molecule has 11 heavy (non-hydrogen) atoms. The smallest absolute Gasteiger partial charge is 0.130 e. The van der Waals surface area contributed by atoms with Gasteiger partial charge in [0.15, 0.2) is 0 Å². The summed E-state index contributed by atoms with van der Waals surface area (Å²) in [5.74, 6) is 1.66. The van der Waals surface area contributed by atoms with Crippen molar-refractivity contribution < 1.29 is 4.79 Å². The second kappa shape index (κ2) is 3.70. The van der Waals surface area contributed by atoms with Crippen molar-refractivity contribution in [1.82, 2.24) is 0 Å². The monoisotopic (exact) mass is 152 g/mol. The molecule has 0 amide bonds. The molecule has 1 aliphatic rings. The molecule has 1 nitrogen and oxygen atoms in total. The molecule has 0 N–H and O–H groups in total. The van der Waals surface area contributed by atoms with Crippen LogP contribution in [0.1, 0.15) is 32.6 Å². The summed E-state index contributed by atoms with van der Waals surface area (Å²) in [7, 11) is 0. The minimum atomic E-state index is 0.333. The molecule has 2 unspecified atom stereocenters. The van der Waals surface area contributed by atoms with E-state index in [4.69, 9.17) is 0 Å². The van der Waals surface area contributed by atoms with E-state index in [1.54, 1.807) is 6.92 Å². The van der Waals surface area contributed by atoms with E-state index < -0.39 is 0 Å². The van der Waals surface area contributed by atoms with Gasteiger partial charge in [0.25, 0.3) is 0 Å². The van der Waals surface area contributed by atoms with Gasteiger partial charge in [0.2, 0.25) is 0 Å². The summed E-state index contributed by atoms with van der Waals surface area (Å²) >= 11 is 0. The molecule has 0 heterocycles. The average Bonchev–Trinajstić information content (AvgIpc) is 2.34. The predicted octanol–water partition coefficient (Wildman–Crippen LogP) is 2.57. The number of carbonyl (C=O) groups excluding carboxylic acids is 1. The van der Waals surface area contributed by atoms with Crippen LogP contribution in [0.15, 0.2) is 12.7 Å². The normalized spacial score (nSPS) is 30.3. The van der Waals surface area contributed by atoms with Crippen LogP contribution in [0.4, 0.5) is 0 Å². The highest BCUT2D eigenvalue weighted by molar-refractivity contribution is 5.75. The number of Topliss-reactive ketones (excluding diaryl/α,β-unsaturated/α-hetero) is 1. The van der Waals surface area contributed by atoms with Gasteiger partial charge >= 0.3 is 0 Å². The molecule has 1 aliphatic carbocycles. The van der Waals surface area contributed by atoms with Gasteiger partial charge in [-0.3, -0.25) is 0 Å². The van der Waals surface area contributed by atoms with Crippen molar-refractivity contribution >= 4 is 5.78 Å². The van der Waals surface area contributed by atoms with Crippen molar-refractivity contribution in [2.75, 3.05) is 0 Å². The minimum Gasteiger partial charge on any atom is -0.300 e. The third kappa shape index (κ3) is 2.49. The first kappa shape index (κ1) is 8.51. The summed E-state index contributed by atoms with van der Waals surface area (Å²) in [6.45, 7) is 5.45. The molecule has 0 bridgehead atoms. The molecule has 1 saturated carbocycles. The molecule has 1 fully saturated rings. The van der Waals surface area contributed by atoms with Crippen molar-refractivity contribution in [2.45, 2.75) is 32.6 Å². The van der Waals surface area contributed by atoms with E-state index in [1.165, 1.54) is 19.3 Å². The zero-order valence-electron chi connectivity index (χ0n) is 7.18. The van der Waals surface area contributed by atoms with Crippen LogP contribution in [-0.2, 0) is 4.79 Å². The van der Waals surface area contributed by atoms with Crippen LogP contribution >= 0.6 is 0 Å². The molecule has 0 spiro atoms. The van der Waals surface area contributed by atoms with Gasteiger partial charge in [0, 0.05) is 6.42 Å².